The van der Waals surface area contributed by atoms with Gasteiger partial charge in [-0.3, -0.25) is 0 Å². The minimum absolute atomic E-state index is 0.0493. The topological polar surface area (TPSA) is 21.6 Å². The number of hydrogen-bond donors (Lipinski definition) is 0. The van der Waals surface area contributed by atoms with Crippen LogP contribution in [0.25, 0.3) is 0 Å². The fourth-order valence-corrected chi connectivity index (χ4v) is 2.08. The van der Waals surface area contributed by atoms with Gasteiger partial charge in [-0.15, -0.1) is 0 Å². The molecule has 2 aromatic rings. The van der Waals surface area contributed by atoms with Crippen LogP contribution in [-0.2, 0) is 11.3 Å². The highest BCUT2D eigenvalue weighted by Crippen LogP contribution is 2.22. The van der Waals surface area contributed by atoms with Crippen LogP contribution >= 0.6 is 0 Å². The Morgan fingerprint density at radius 2 is 1.65 bits per heavy atom. The molecule has 2 aromatic carbocycles. The van der Waals surface area contributed by atoms with Gasteiger partial charge in [0.2, 0.25) is 0 Å². The molecule has 0 aliphatic rings. The molecule has 0 heterocycles. The summed E-state index contributed by atoms with van der Waals surface area (Å²) in [5, 5.41) is 4.14. The predicted octanol–water partition coefficient (Wildman–Crippen LogP) is 4.77. The molecule has 0 bridgehead atoms. The molecule has 0 amide bonds. The lowest BCUT2D eigenvalue weighted by Gasteiger charge is -2.14. The highest BCUT2D eigenvalue weighted by molar-refractivity contribution is 5.60. The molecular formula is C18H21NO. The second-order valence-corrected chi connectivity index (χ2v) is 4.77. The Kier molecular flexibility index (Phi) is 5.84. The fourth-order valence-electron chi connectivity index (χ4n) is 2.08. The van der Waals surface area contributed by atoms with Crippen molar-refractivity contribution < 1.29 is 4.84 Å². The van der Waals surface area contributed by atoms with E-state index in [1.165, 1.54) is 11.1 Å². The van der Waals surface area contributed by atoms with Crippen LogP contribution in [0.3, 0.4) is 0 Å². The molecule has 0 spiro atoms. The molecule has 0 radical (unpaired) electrons. The van der Waals surface area contributed by atoms with Crippen molar-refractivity contribution in [1.29, 1.82) is 0 Å². The van der Waals surface area contributed by atoms with E-state index in [1.807, 2.05) is 42.6 Å². The minimum Gasteiger partial charge on any atom is -0.388 e. The Balaban J connectivity index is 1.89. The Hall–Kier alpha value is -2.09. The zero-order valence-corrected chi connectivity index (χ0v) is 11.9. The van der Waals surface area contributed by atoms with Crippen LogP contribution in [0.2, 0.25) is 0 Å². The van der Waals surface area contributed by atoms with Crippen molar-refractivity contribution in [3.8, 4) is 0 Å². The first-order valence-electron chi connectivity index (χ1n) is 7.16. The van der Waals surface area contributed by atoms with E-state index in [0.717, 1.165) is 19.3 Å². The van der Waals surface area contributed by atoms with Gasteiger partial charge in [0.05, 0.1) is 0 Å². The summed E-state index contributed by atoms with van der Waals surface area (Å²) in [6, 6.07) is 20.5. The first-order chi connectivity index (χ1) is 9.90. The van der Waals surface area contributed by atoms with Gasteiger partial charge in [-0.05, 0) is 17.5 Å². The summed E-state index contributed by atoms with van der Waals surface area (Å²) in [6.45, 7) is 2.16. The van der Waals surface area contributed by atoms with Crippen molar-refractivity contribution in [3.63, 3.8) is 0 Å². The average Bonchev–Trinajstić information content (AvgIpc) is 2.52. The lowest BCUT2D eigenvalue weighted by atomic mass is 10.1. The Morgan fingerprint density at radius 3 is 2.30 bits per heavy atom. The maximum atomic E-state index is 5.66. The van der Waals surface area contributed by atoms with Crippen LogP contribution < -0.4 is 0 Å². The second-order valence-electron chi connectivity index (χ2n) is 4.77. The van der Waals surface area contributed by atoms with Gasteiger partial charge < -0.3 is 4.84 Å². The molecule has 0 fully saturated rings. The van der Waals surface area contributed by atoms with Crippen molar-refractivity contribution >= 4 is 6.21 Å². The van der Waals surface area contributed by atoms with E-state index in [9.17, 15) is 0 Å². The molecule has 0 saturated heterocycles. The van der Waals surface area contributed by atoms with Crippen molar-refractivity contribution in [2.75, 3.05) is 0 Å². The van der Waals surface area contributed by atoms with E-state index < -0.39 is 0 Å². The van der Waals surface area contributed by atoms with E-state index in [0.29, 0.717) is 0 Å². The van der Waals surface area contributed by atoms with E-state index in [2.05, 4.69) is 36.3 Å². The van der Waals surface area contributed by atoms with E-state index >= 15 is 0 Å². The van der Waals surface area contributed by atoms with Crippen molar-refractivity contribution in [3.05, 3.63) is 71.8 Å². The molecule has 0 aliphatic heterocycles. The molecule has 0 aromatic heterocycles. The molecule has 0 unspecified atom stereocenters. The summed E-state index contributed by atoms with van der Waals surface area (Å²) in [7, 11) is 0. The second kappa shape index (κ2) is 8.16. The maximum Gasteiger partial charge on any atom is 0.152 e. The number of nitrogens with zero attached hydrogens (tertiary/aromatic N) is 1. The molecule has 2 nitrogen and oxygen atoms in total. The monoisotopic (exact) mass is 267 g/mol. The van der Waals surface area contributed by atoms with E-state index in [1.54, 1.807) is 0 Å². The van der Waals surface area contributed by atoms with Gasteiger partial charge in [0.25, 0.3) is 0 Å². The zero-order chi connectivity index (χ0) is 14.0. The standard InChI is InChI=1S/C18H21NO/c1-2-9-18(17-12-7-4-8-13-17)20-19-15-14-16-10-5-3-6-11-16/h3-8,10-13,15,18H,2,9,14H2,1H3/b19-15+/t18-/m1/s1. The molecule has 0 N–H and O–H groups in total. The van der Waals surface area contributed by atoms with Crippen LogP contribution in [0.5, 0.6) is 0 Å². The lowest BCUT2D eigenvalue weighted by molar-refractivity contribution is 0.0524. The molecule has 2 rings (SSSR count). The molecule has 2 heteroatoms. The average molecular weight is 267 g/mol. The molecule has 1 atom stereocenters. The highest BCUT2D eigenvalue weighted by atomic mass is 16.6. The van der Waals surface area contributed by atoms with Crippen LogP contribution in [0.1, 0.15) is 37.0 Å². The quantitative estimate of drug-likeness (QED) is 0.523. The molecule has 104 valence electrons. The van der Waals surface area contributed by atoms with Gasteiger partial charge in [0.15, 0.2) is 6.10 Å². The van der Waals surface area contributed by atoms with Crippen LogP contribution in [0.4, 0.5) is 0 Å². The van der Waals surface area contributed by atoms with Gasteiger partial charge >= 0.3 is 0 Å². The molecule has 0 aliphatic carbocycles. The molecule has 0 saturated carbocycles. The fraction of sp³-hybridized carbons (Fsp3) is 0.278. The van der Waals surface area contributed by atoms with Crippen LogP contribution in [0.15, 0.2) is 65.8 Å². The third kappa shape index (κ3) is 4.54. The SMILES string of the molecule is CCC[C@@H](O/N=C/Cc1ccccc1)c1ccccc1. The predicted molar refractivity (Wildman–Crippen MR) is 83.8 cm³/mol. The lowest BCUT2D eigenvalue weighted by Crippen LogP contribution is -2.00. The summed E-state index contributed by atoms with van der Waals surface area (Å²) >= 11 is 0. The van der Waals surface area contributed by atoms with Crippen LogP contribution in [-0.4, -0.2) is 6.21 Å². The van der Waals surface area contributed by atoms with Crippen molar-refractivity contribution in [1.82, 2.24) is 0 Å². The van der Waals surface area contributed by atoms with Crippen molar-refractivity contribution in [2.45, 2.75) is 32.3 Å². The number of rotatable bonds is 7. The zero-order valence-electron chi connectivity index (χ0n) is 11.9. The van der Waals surface area contributed by atoms with E-state index in [4.69, 9.17) is 4.84 Å². The number of hydrogen-bond acceptors (Lipinski definition) is 2. The normalized spacial score (nSPS) is 12.4. The minimum atomic E-state index is 0.0493. The van der Waals surface area contributed by atoms with Gasteiger partial charge in [0.1, 0.15) is 0 Å². The summed E-state index contributed by atoms with van der Waals surface area (Å²) in [5.41, 5.74) is 2.43. The highest BCUT2D eigenvalue weighted by Gasteiger charge is 2.10. The van der Waals surface area contributed by atoms with Crippen molar-refractivity contribution in [2.24, 2.45) is 5.16 Å². The Morgan fingerprint density at radius 1 is 1.00 bits per heavy atom. The largest absolute Gasteiger partial charge is 0.388 e. The van der Waals surface area contributed by atoms with Gasteiger partial charge in [0, 0.05) is 12.6 Å². The van der Waals surface area contributed by atoms with Gasteiger partial charge in [-0.1, -0.05) is 79.2 Å². The molecule has 20 heavy (non-hydrogen) atoms. The third-order valence-corrected chi connectivity index (χ3v) is 3.15. The van der Waals surface area contributed by atoms with Crippen LogP contribution in [0, 0.1) is 0 Å². The molecular weight excluding hydrogens is 246 g/mol. The first-order valence-corrected chi connectivity index (χ1v) is 7.16. The maximum absolute atomic E-state index is 5.66. The first kappa shape index (κ1) is 14.3. The Labute approximate surface area is 121 Å². The summed E-state index contributed by atoms with van der Waals surface area (Å²) in [5.74, 6) is 0. The number of benzene rings is 2. The van der Waals surface area contributed by atoms with Gasteiger partial charge in [-0.2, -0.15) is 0 Å². The van der Waals surface area contributed by atoms with E-state index in [-0.39, 0.29) is 6.10 Å². The summed E-state index contributed by atoms with van der Waals surface area (Å²) < 4.78 is 0. The third-order valence-electron chi connectivity index (χ3n) is 3.15. The van der Waals surface area contributed by atoms with Gasteiger partial charge in [-0.25, -0.2) is 0 Å². The number of oxime groups is 1. The Bertz CT molecular complexity index is 507. The summed E-state index contributed by atoms with van der Waals surface area (Å²) in [4.78, 5) is 5.66. The summed E-state index contributed by atoms with van der Waals surface area (Å²) in [6.07, 6.45) is 4.74. The smallest absolute Gasteiger partial charge is 0.152 e.